The van der Waals surface area contributed by atoms with Crippen LogP contribution in [0, 0.1) is 11.6 Å². The van der Waals surface area contributed by atoms with Gasteiger partial charge in [-0.2, -0.15) is 4.39 Å². The number of hydrogen-bond donors (Lipinski definition) is 1. The van der Waals surface area contributed by atoms with E-state index in [0.717, 1.165) is 0 Å². The van der Waals surface area contributed by atoms with Gasteiger partial charge in [0.2, 0.25) is 5.82 Å². The topological polar surface area (TPSA) is 52.3 Å². The quantitative estimate of drug-likeness (QED) is 0.684. The highest BCUT2D eigenvalue weighted by Gasteiger charge is 2.21. The Morgan fingerprint density at radius 2 is 2.12 bits per heavy atom. The van der Waals surface area contributed by atoms with Gasteiger partial charge >= 0.3 is 0 Å². The van der Waals surface area contributed by atoms with Gasteiger partial charge in [0.05, 0.1) is 17.1 Å². The Morgan fingerprint density at radius 1 is 1.50 bits per heavy atom. The largest absolute Gasteiger partial charge is 0.492 e. The second kappa shape index (κ2) is 5.36. The summed E-state index contributed by atoms with van der Waals surface area (Å²) in [7, 11) is 1.21. The lowest BCUT2D eigenvalue weighted by molar-refractivity contribution is 0.0980. The van der Waals surface area contributed by atoms with E-state index in [4.69, 9.17) is 5.73 Å². The van der Waals surface area contributed by atoms with Crippen molar-refractivity contribution in [3.63, 3.8) is 0 Å². The third kappa shape index (κ3) is 2.38. The number of carbonyl (C=O) groups is 1. The first-order valence-electron chi connectivity index (χ1n) is 4.47. The molecule has 3 nitrogen and oxygen atoms in total. The van der Waals surface area contributed by atoms with E-state index in [1.807, 2.05) is 0 Å². The Bertz CT molecular complexity index is 424. The van der Waals surface area contributed by atoms with E-state index in [-0.39, 0.29) is 28.8 Å². The molecule has 1 aromatic carbocycles. The number of nitrogens with two attached hydrogens (primary N) is 1. The van der Waals surface area contributed by atoms with E-state index in [9.17, 15) is 13.6 Å². The average molecular weight is 294 g/mol. The van der Waals surface area contributed by atoms with Crippen LogP contribution < -0.4 is 10.5 Å². The minimum Gasteiger partial charge on any atom is -0.492 e. The summed E-state index contributed by atoms with van der Waals surface area (Å²) in [5.74, 6) is -3.19. The van der Waals surface area contributed by atoms with Gasteiger partial charge in [-0.15, -0.1) is 0 Å². The summed E-state index contributed by atoms with van der Waals surface area (Å²) in [4.78, 5) is 11.4. The van der Waals surface area contributed by atoms with Crippen molar-refractivity contribution < 1.29 is 18.3 Å². The first-order valence-corrected chi connectivity index (χ1v) is 5.27. The SMILES string of the molecule is COc1c(Br)cc(C(=O)CCN)c(F)c1F. The van der Waals surface area contributed by atoms with Gasteiger partial charge in [0.15, 0.2) is 17.3 Å². The van der Waals surface area contributed by atoms with Crippen LogP contribution in [-0.2, 0) is 0 Å². The Balaban J connectivity index is 3.28. The normalized spacial score (nSPS) is 10.3. The van der Waals surface area contributed by atoms with E-state index in [0.29, 0.717) is 0 Å². The van der Waals surface area contributed by atoms with Gasteiger partial charge in [-0.1, -0.05) is 0 Å². The highest BCUT2D eigenvalue weighted by atomic mass is 79.9. The zero-order valence-corrected chi connectivity index (χ0v) is 10.1. The third-order valence-electron chi connectivity index (χ3n) is 1.99. The molecule has 0 bridgehead atoms. The molecule has 0 atom stereocenters. The molecule has 16 heavy (non-hydrogen) atoms. The molecule has 0 fully saturated rings. The number of benzene rings is 1. The van der Waals surface area contributed by atoms with Gasteiger partial charge < -0.3 is 10.5 Å². The predicted octanol–water partition coefficient (Wildman–Crippen LogP) is 2.27. The van der Waals surface area contributed by atoms with Crippen molar-refractivity contribution in [3.05, 3.63) is 27.7 Å². The molecule has 88 valence electrons. The Hall–Kier alpha value is -1.01. The summed E-state index contributed by atoms with van der Waals surface area (Å²) in [6.07, 6.45) is -0.0326. The van der Waals surface area contributed by atoms with Crippen LogP contribution in [0.3, 0.4) is 0 Å². The van der Waals surface area contributed by atoms with E-state index in [2.05, 4.69) is 20.7 Å². The van der Waals surface area contributed by atoms with Crippen LogP contribution in [0.4, 0.5) is 8.78 Å². The van der Waals surface area contributed by atoms with Crippen LogP contribution >= 0.6 is 15.9 Å². The Morgan fingerprint density at radius 3 is 2.62 bits per heavy atom. The number of ketones is 1. The lowest BCUT2D eigenvalue weighted by atomic mass is 10.1. The fraction of sp³-hybridized carbons (Fsp3) is 0.300. The molecule has 0 aliphatic rings. The van der Waals surface area contributed by atoms with Gasteiger partial charge in [-0.25, -0.2) is 4.39 Å². The molecule has 2 N–H and O–H groups in total. The summed E-state index contributed by atoms with van der Waals surface area (Å²) in [5.41, 5.74) is 4.85. The van der Waals surface area contributed by atoms with E-state index >= 15 is 0 Å². The van der Waals surface area contributed by atoms with E-state index < -0.39 is 17.4 Å². The molecule has 0 aliphatic heterocycles. The molecule has 0 radical (unpaired) electrons. The summed E-state index contributed by atoms with van der Waals surface area (Å²) in [6.45, 7) is 0.0868. The molecule has 0 unspecified atom stereocenters. The monoisotopic (exact) mass is 293 g/mol. The predicted molar refractivity (Wildman–Crippen MR) is 58.6 cm³/mol. The third-order valence-corrected chi connectivity index (χ3v) is 2.58. The van der Waals surface area contributed by atoms with Crippen molar-refractivity contribution in [2.24, 2.45) is 5.73 Å². The zero-order chi connectivity index (χ0) is 12.3. The number of Topliss-reactive ketones (excluding diaryl/α,β-unsaturated/α-hetero) is 1. The van der Waals surface area contributed by atoms with Crippen molar-refractivity contribution in [3.8, 4) is 5.75 Å². The Labute approximate surface area is 99.7 Å². The minimum atomic E-state index is -1.21. The number of ether oxygens (including phenoxy) is 1. The molecule has 0 heterocycles. The first kappa shape index (κ1) is 13.1. The molecule has 0 aromatic heterocycles. The minimum absolute atomic E-state index is 0.0326. The van der Waals surface area contributed by atoms with Crippen LogP contribution in [0.2, 0.25) is 0 Å². The number of methoxy groups -OCH3 is 1. The van der Waals surface area contributed by atoms with Gasteiger partial charge in [0.1, 0.15) is 0 Å². The summed E-state index contributed by atoms with van der Waals surface area (Å²) >= 11 is 3.00. The maximum atomic E-state index is 13.5. The molecule has 6 heteroatoms. The molecular weight excluding hydrogens is 284 g/mol. The summed E-state index contributed by atoms with van der Waals surface area (Å²) in [5, 5.41) is 0. The lowest BCUT2D eigenvalue weighted by Gasteiger charge is -2.09. The fourth-order valence-corrected chi connectivity index (χ4v) is 1.80. The van der Waals surface area contributed by atoms with Crippen molar-refractivity contribution >= 4 is 21.7 Å². The molecule has 0 saturated carbocycles. The lowest BCUT2D eigenvalue weighted by Crippen LogP contribution is -2.11. The highest BCUT2D eigenvalue weighted by Crippen LogP contribution is 2.32. The number of rotatable bonds is 4. The second-order valence-corrected chi connectivity index (χ2v) is 3.88. The first-order chi connectivity index (χ1) is 7.52. The van der Waals surface area contributed by atoms with Crippen LogP contribution in [-0.4, -0.2) is 19.4 Å². The standard InChI is InChI=1S/C10H10BrF2NO2/c1-16-10-6(11)4-5(7(15)2-3-14)8(12)9(10)13/h4H,2-3,14H2,1H3. The molecule has 0 spiro atoms. The smallest absolute Gasteiger partial charge is 0.202 e. The number of halogens is 3. The molecule has 0 saturated heterocycles. The van der Waals surface area contributed by atoms with E-state index in [1.165, 1.54) is 13.2 Å². The molecular formula is C10H10BrF2NO2. The van der Waals surface area contributed by atoms with E-state index in [1.54, 1.807) is 0 Å². The van der Waals surface area contributed by atoms with Crippen molar-refractivity contribution in [1.82, 2.24) is 0 Å². The van der Waals surface area contributed by atoms with Crippen LogP contribution in [0.25, 0.3) is 0 Å². The highest BCUT2D eigenvalue weighted by molar-refractivity contribution is 9.10. The summed E-state index contributed by atoms with van der Waals surface area (Å²) < 4.78 is 31.7. The van der Waals surface area contributed by atoms with Gasteiger partial charge in [-0.05, 0) is 28.5 Å². The molecule has 1 rings (SSSR count). The van der Waals surface area contributed by atoms with Crippen LogP contribution in [0.1, 0.15) is 16.8 Å². The molecule has 1 aromatic rings. The molecule has 0 amide bonds. The number of carbonyl (C=O) groups excluding carboxylic acids is 1. The summed E-state index contributed by atoms with van der Waals surface area (Å²) in [6, 6.07) is 1.19. The second-order valence-electron chi connectivity index (χ2n) is 3.03. The zero-order valence-electron chi connectivity index (χ0n) is 8.52. The van der Waals surface area contributed by atoms with Crippen LogP contribution in [0.5, 0.6) is 5.75 Å². The number of hydrogen-bond acceptors (Lipinski definition) is 3. The van der Waals surface area contributed by atoms with Crippen molar-refractivity contribution in [2.45, 2.75) is 6.42 Å². The Kier molecular flexibility index (Phi) is 4.37. The van der Waals surface area contributed by atoms with Gasteiger partial charge in [0, 0.05) is 6.42 Å². The van der Waals surface area contributed by atoms with Crippen LogP contribution in [0.15, 0.2) is 10.5 Å². The maximum Gasteiger partial charge on any atom is 0.202 e. The van der Waals surface area contributed by atoms with Gasteiger partial charge in [-0.3, -0.25) is 4.79 Å². The average Bonchev–Trinajstić information content (AvgIpc) is 2.24. The van der Waals surface area contributed by atoms with Crippen molar-refractivity contribution in [2.75, 3.05) is 13.7 Å². The molecule has 0 aliphatic carbocycles. The fourth-order valence-electron chi connectivity index (χ4n) is 1.23. The van der Waals surface area contributed by atoms with Gasteiger partial charge in [0.25, 0.3) is 0 Å². The maximum absolute atomic E-state index is 13.5. The van der Waals surface area contributed by atoms with Crippen molar-refractivity contribution in [1.29, 1.82) is 0 Å².